The Morgan fingerprint density at radius 1 is 0.926 bits per heavy atom. The topological polar surface area (TPSA) is 41.4 Å². The number of piperazine rings is 1. The van der Waals surface area contributed by atoms with E-state index in [1.54, 1.807) is 10.9 Å². The number of anilines is 1. The number of aryl methyl sites for hydroxylation is 1. The maximum Gasteiger partial charge on any atom is 0.253 e. The second-order valence-corrected chi connectivity index (χ2v) is 7.00. The molecule has 0 saturated carbocycles. The minimum Gasteiger partial charge on any atom is -0.368 e. The average molecular weight is 360 g/mol. The standard InChI is InChI=1S/C22H24N4O/c1-17-5-3-6-21(18(17)2)24-13-15-25(16-14-24)22(27)19-7-9-20(10-8-19)26-12-4-11-23-26/h3-12H,13-16H2,1-2H3. The highest BCUT2D eigenvalue weighted by Gasteiger charge is 2.23. The molecule has 0 aliphatic carbocycles. The summed E-state index contributed by atoms with van der Waals surface area (Å²) in [6.07, 6.45) is 3.64. The zero-order chi connectivity index (χ0) is 18.8. The van der Waals surface area contributed by atoms with Crippen molar-refractivity contribution in [2.45, 2.75) is 13.8 Å². The molecular formula is C22H24N4O. The van der Waals surface area contributed by atoms with Crippen molar-refractivity contribution in [2.24, 2.45) is 0 Å². The fourth-order valence-electron chi connectivity index (χ4n) is 3.59. The van der Waals surface area contributed by atoms with E-state index in [1.807, 2.05) is 41.4 Å². The molecular weight excluding hydrogens is 336 g/mol. The van der Waals surface area contributed by atoms with Crippen molar-refractivity contribution in [3.8, 4) is 5.69 Å². The largest absolute Gasteiger partial charge is 0.368 e. The van der Waals surface area contributed by atoms with E-state index >= 15 is 0 Å². The molecule has 27 heavy (non-hydrogen) atoms. The van der Waals surface area contributed by atoms with Crippen LogP contribution in [-0.2, 0) is 0 Å². The summed E-state index contributed by atoms with van der Waals surface area (Å²) in [6.45, 7) is 7.53. The van der Waals surface area contributed by atoms with Gasteiger partial charge in [0, 0.05) is 49.8 Å². The Hall–Kier alpha value is -3.08. The molecule has 0 radical (unpaired) electrons. The van der Waals surface area contributed by atoms with E-state index < -0.39 is 0 Å². The number of hydrogen-bond donors (Lipinski definition) is 0. The van der Waals surface area contributed by atoms with Gasteiger partial charge >= 0.3 is 0 Å². The second kappa shape index (κ2) is 7.27. The van der Waals surface area contributed by atoms with Crippen LogP contribution in [-0.4, -0.2) is 46.8 Å². The molecule has 2 aromatic carbocycles. The highest BCUT2D eigenvalue weighted by molar-refractivity contribution is 5.94. The molecule has 0 atom stereocenters. The summed E-state index contributed by atoms with van der Waals surface area (Å²) >= 11 is 0. The number of hydrogen-bond acceptors (Lipinski definition) is 3. The van der Waals surface area contributed by atoms with E-state index in [-0.39, 0.29) is 5.91 Å². The molecule has 1 saturated heterocycles. The molecule has 3 aromatic rings. The first-order valence-electron chi connectivity index (χ1n) is 9.34. The molecule has 1 fully saturated rings. The van der Waals surface area contributed by atoms with Gasteiger partial charge in [0.05, 0.1) is 5.69 Å². The monoisotopic (exact) mass is 360 g/mol. The normalized spacial score (nSPS) is 14.4. The van der Waals surface area contributed by atoms with Crippen LogP contribution in [0.4, 0.5) is 5.69 Å². The van der Waals surface area contributed by atoms with Gasteiger partial charge in [0.1, 0.15) is 0 Å². The van der Waals surface area contributed by atoms with E-state index in [4.69, 9.17) is 0 Å². The van der Waals surface area contributed by atoms with Crippen LogP contribution in [0.15, 0.2) is 60.9 Å². The maximum absolute atomic E-state index is 12.8. The van der Waals surface area contributed by atoms with E-state index in [2.05, 4.69) is 42.0 Å². The third kappa shape index (κ3) is 3.45. The Morgan fingerprint density at radius 3 is 2.33 bits per heavy atom. The van der Waals surface area contributed by atoms with Crippen molar-refractivity contribution in [1.82, 2.24) is 14.7 Å². The van der Waals surface area contributed by atoms with Gasteiger partial charge in [-0.3, -0.25) is 4.79 Å². The van der Waals surface area contributed by atoms with Gasteiger partial charge in [-0.1, -0.05) is 12.1 Å². The van der Waals surface area contributed by atoms with Crippen LogP contribution < -0.4 is 4.90 Å². The van der Waals surface area contributed by atoms with Crippen LogP contribution in [0.1, 0.15) is 21.5 Å². The molecule has 0 unspecified atom stereocenters. The average Bonchev–Trinajstić information content (AvgIpc) is 3.25. The van der Waals surface area contributed by atoms with E-state index in [9.17, 15) is 4.79 Å². The molecule has 4 rings (SSSR count). The van der Waals surface area contributed by atoms with Gasteiger partial charge < -0.3 is 9.80 Å². The number of nitrogens with zero attached hydrogens (tertiary/aromatic N) is 4. The van der Waals surface area contributed by atoms with Crippen LogP contribution in [0.25, 0.3) is 5.69 Å². The van der Waals surface area contributed by atoms with Crippen LogP contribution in [0.2, 0.25) is 0 Å². The highest BCUT2D eigenvalue weighted by atomic mass is 16.2. The molecule has 1 amide bonds. The summed E-state index contributed by atoms with van der Waals surface area (Å²) in [7, 11) is 0. The summed E-state index contributed by atoms with van der Waals surface area (Å²) in [5.41, 5.74) is 5.60. The Kier molecular flexibility index (Phi) is 4.67. The number of aromatic nitrogens is 2. The minimum atomic E-state index is 0.0997. The summed E-state index contributed by atoms with van der Waals surface area (Å²) in [6, 6.07) is 16.0. The molecule has 1 aliphatic heterocycles. The van der Waals surface area contributed by atoms with Crippen LogP contribution in [0, 0.1) is 13.8 Å². The molecule has 0 spiro atoms. The summed E-state index contributed by atoms with van der Waals surface area (Å²) in [5.74, 6) is 0.0997. The van der Waals surface area contributed by atoms with Crippen molar-refractivity contribution >= 4 is 11.6 Å². The lowest BCUT2D eigenvalue weighted by molar-refractivity contribution is 0.0747. The number of carbonyl (C=O) groups excluding carboxylic acids is 1. The predicted molar refractivity (Wildman–Crippen MR) is 108 cm³/mol. The van der Waals surface area contributed by atoms with E-state index in [1.165, 1.54) is 16.8 Å². The summed E-state index contributed by atoms with van der Waals surface area (Å²) in [4.78, 5) is 17.2. The van der Waals surface area contributed by atoms with Crippen LogP contribution >= 0.6 is 0 Å². The lowest BCUT2D eigenvalue weighted by Gasteiger charge is -2.37. The zero-order valence-electron chi connectivity index (χ0n) is 15.8. The van der Waals surface area contributed by atoms with Crippen LogP contribution in [0.3, 0.4) is 0 Å². The highest BCUT2D eigenvalue weighted by Crippen LogP contribution is 2.24. The molecule has 0 bridgehead atoms. The van der Waals surface area contributed by atoms with E-state index in [0.717, 1.165) is 37.4 Å². The SMILES string of the molecule is Cc1cccc(N2CCN(C(=O)c3ccc(-n4cccn4)cc3)CC2)c1C. The molecule has 0 N–H and O–H groups in total. The number of benzene rings is 2. The minimum absolute atomic E-state index is 0.0997. The van der Waals surface area contributed by atoms with Gasteiger partial charge in [0.15, 0.2) is 0 Å². The molecule has 1 aliphatic rings. The van der Waals surface area contributed by atoms with Gasteiger partial charge in [0.2, 0.25) is 0 Å². The molecule has 2 heterocycles. The third-order valence-electron chi connectivity index (χ3n) is 5.37. The van der Waals surface area contributed by atoms with Gasteiger partial charge in [-0.25, -0.2) is 4.68 Å². The van der Waals surface area contributed by atoms with Crippen molar-refractivity contribution in [2.75, 3.05) is 31.1 Å². The molecule has 1 aromatic heterocycles. The Bertz CT molecular complexity index is 923. The van der Waals surface area contributed by atoms with Gasteiger partial charge in [-0.2, -0.15) is 5.10 Å². The summed E-state index contributed by atoms with van der Waals surface area (Å²) in [5, 5.41) is 4.22. The van der Waals surface area contributed by atoms with Gasteiger partial charge in [-0.05, 0) is 61.4 Å². The smallest absolute Gasteiger partial charge is 0.253 e. The Balaban J connectivity index is 1.42. The second-order valence-electron chi connectivity index (χ2n) is 7.00. The van der Waals surface area contributed by atoms with Crippen molar-refractivity contribution in [3.63, 3.8) is 0 Å². The van der Waals surface area contributed by atoms with E-state index in [0.29, 0.717) is 0 Å². The quantitative estimate of drug-likeness (QED) is 0.718. The third-order valence-corrected chi connectivity index (χ3v) is 5.37. The fourth-order valence-corrected chi connectivity index (χ4v) is 3.59. The molecule has 5 nitrogen and oxygen atoms in total. The summed E-state index contributed by atoms with van der Waals surface area (Å²) < 4.78 is 1.79. The number of amides is 1. The number of carbonyl (C=O) groups is 1. The fraction of sp³-hybridized carbons (Fsp3) is 0.273. The predicted octanol–water partition coefficient (Wildman–Crippen LogP) is 3.45. The first-order chi connectivity index (χ1) is 13.1. The molecule has 138 valence electrons. The van der Waals surface area contributed by atoms with Gasteiger partial charge in [0.25, 0.3) is 5.91 Å². The zero-order valence-corrected chi connectivity index (χ0v) is 15.8. The van der Waals surface area contributed by atoms with Crippen molar-refractivity contribution in [3.05, 3.63) is 77.6 Å². The maximum atomic E-state index is 12.8. The first-order valence-corrected chi connectivity index (χ1v) is 9.34. The van der Waals surface area contributed by atoms with Crippen molar-refractivity contribution < 1.29 is 4.79 Å². The Labute approximate surface area is 159 Å². The lowest BCUT2D eigenvalue weighted by Crippen LogP contribution is -2.49. The molecule has 5 heteroatoms. The van der Waals surface area contributed by atoms with Gasteiger partial charge in [-0.15, -0.1) is 0 Å². The first kappa shape index (κ1) is 17.3. The lowest BCUT2D eigenvalue weighted by atomic mass is 10.1. The van der Waals surface area contributed by atoms with Crippen molar-refractivity contribution in [1.29, 1.82) is 0 Å². The number of rotatable bonds is 3. The Morgan fingerprint density at radius 2 is 1.67 bits per heavy atom. The van der Waals surface area contributed by atoms with Crippen LogP contribution in [0.5, 0.6) is 0 Å².